The van der Waals surface area contributed by atoms with Crippen molar-refractivity contribution in [3.8, 4) is 5.75 Å². The minimum Gasteiger partial charge on any atom is -0.496 e. The fraction of sp³-hybridized carbons (Fsp3) is 0.562. The molecular formula is C16H24BrClN2O2. The topological polar surface area (TPSA) is 55.6 Å². The van der Waals surface area contributed by atoms with Crippen LogP contribution in [0.25, 0.3) is 0 Å². The van der Waals surface area contributed by atoms with Gasteiger partial charge >= 0.3 is 0 Å². The lowest BCUT2D eigenvalue weighted by Gasteiger charge is -2.28. The molecule has 2 atom stereocenters. The van der Waals surface area contributed by atoms with Crippen LogP contribution in [0.5, 0.6) is 5.75 Å². The van der Waals surface area contributed by atoms with E-state index in [-0.39, 0.29) is 24.4 Å². The second-order valence-corrected chi connectivity index (χ2v) is 6.39. The third-order valence-electron chi connectivity index (χ3n) is 4.00. The van der Waals surface area contributed by atoms with Crippen LogP contribution in [-0.4, -0.2) is 30.5 Å². The van der Waals surface area contributed by atoms with Crippen LogP contribution in [0.1, 0.15) is 44.2 Å². The van der Waals surface area contributed by atoms with Gasteiger partial charge in [0, 0.05) is 16.6 Å². The van der Waals surface area contributed by atoms with E-state index in [0.29, 0.717) is 0 Å². The van der Waals surface area contributed by atoms with Gasteiger partial charge in [0.1, 0.15) is 5.75 Å². The molecule has 0 bridgehead atoms. The van der Waals surface area contributed by atoms with Gasteiger partial charge in [0.25, 0.3) is 0 Å². The van der Waals surface area contributed by atoms with Gasteiger partial charge in [-0.15, -0.1) is 12.4 Å². The van der Waals surface area contributed by atoms with Gasteiger partial charge < -0.3 is 15.4 Å². The molecular weight excluding hydrogens is 368 g/mol. The Kier molecular flexibility index (Phi) is 7.66. The van der Waals surface area contributed by atoms with Gasteiger partial charge in [0.15, 0.2) is 0 Å². The summed E-state index contributed by atoms with van der Waals surface area (Å²) in [4.78, 5) is 14.5. The normalized spacial score (nSPS) is 18.7. The number of methoxy groups -OCH3 is 1. The summed E-state index contributed by atoms with van der Waals surface area (Å²) in [6.45, 7) is 2.82. The van der Waals surface area contributed by atoms with Gasteiger partial charge in [-0.1, -0.05) is 29.3 Å². The summed E-state index contributed by atoms with van der Waals surface area (Å²) in [6.07, 6.45) is 3.62. The molecule has 1 heterocycles. The molecule has 6 heteroatoms. The molecule has 1 aliphatic heterocycles. The highest BCUT2D eigenvalue weighted by Gasteiger charge is 2.33. The van der Waals surface area contributed by atoms with E-state index in [1.165, 1.54) is 0 Å². The molecule has 0 aliphatic carbocycles. The summed E-state index contributed by atoms with van der Waals surface area (Å²) in [7, 11) is 1.66. The van der Waals surface area contributed by atoms with Gasteiger partial charge in [0.2, 0.25) is 5.91 Å². The van der Waals surface area contributed by atoms with E-state index in [2.05, 4.69) is 15.9 Å². The van der Waals surface area contributed by atoms with Crippen LogP contribution in [-0.2, 0) is 4.79 Å². The number of nitrogens with zero attached hydrogens (tertiary/aromatic N) is 1. The van der Waals surface area contributed by atoms with Crippen molar-refractivity contribution in [1.82, 2.24) is 4.90 Å². The molecule has 0 aromatic heterocycles. The van der Waals surface area contributed by atoms with Gasteiger partial charge in [-0.05, 0) is 37.5 Å². The summed E-state index contributed by atoms with van der Waals surface area (Å²) in [6, 6.07) is 5.60. The summed E-state index contributed by atoms with van der Waals surface area (Å²) in [5.41, 5.74) is 7.07. The molecule has 0 saturated carbocycles. The number of halogens is 2. The lowest BCUT2D eigenvalue weighted by atomic mass is 10.0. The van der Waals surface area contributed by atoms with Gasteiger partial charge in [-0.3, -0.25) is 4.79 Å². The lowest BCUT2D eigenvalue weighted by Crippen LogP contribution is -2.43. The Morgan fingerprint density at radius 3 is 2.91 bits per heavy atom. The third-order valence-corrected chi connectivity index (χ3v) is 4.50. The Balaban J connectivity index is 0.00000242. The monoisotopic (exact) mass is 390 g/mol. The number of nitrogens with two attached hydrogens (primary N) is 1. The third kappa shape index (κ3) is 4.15. The SMILES string of the molecule is CCCC(N)C(=O)N1CCCC1c1cc(Br)ccc1OC.Cl. The molecule has 22 heavy (non-hydrogen) atoms. The van der Waals surface area contributed by atoms with E-state index in [0.717, 1.165) is 48.0 Å². The predicted molar refractivity (Wildman–Crippen MR) is 94.5 cm³/mol. The zero-order chi connectivity index (χ0) is 15.4. The zero-order valence-electron chi connectivity index (χ0n) is 13.0. The Morgan fingerprint density at radius 2 is 2.27 bits per heavy atom. The molecule has 124 valence electrons. The molecule has 2 N–H and O–H groups in total. The Bertz CT molecular complexity index is 513. The number of benzene rings is 1. The van der Waals surface area contributed by atoms with Crippen molar-refractivity contribution >= 4 is 34.2 Å². The molecule has 2 unspecified atom stereocenters. The van der Waals surface area contributed by atoms with Crippen LogP contribution in [0.15, 0.2) is 22.7 Å². The van der Waals surface area contributed by atoms with Crippen LogP contribution < -0.4 is 10.5 Å². The maximum Gasteiger partial charge on any atom is 0.239 e. The van der Waals surface area contributed by atoms with Crippen molar-refractivity contribution in [3.63, 3.8) is 0 Å². The van der Waals surface area contributed by atoms with Crippen molar-refractivity contribution < 1.29 is 9.53 Å². The number of hydrogen-bond donors (Lipinski definition) is 1. The van der Waals surface area contributed by atoms with Gasteiger partial charge in [0.05, 0.1) is 19.2 Å². The fourth-order valence-electron chi connectivity index (χ4n) is 2.97. The van der Waals surface area contributed by atoms with Gasteiger partial charge in [-0.25, -0.2) is 0 Å². The lowest BCUT2D eigenvalue weighted by molar-refractivity contribution is -0.133. The predicted octanol–water partition coefficient (Wildman–Crippen LogP) is 3.67. The minimum absolute atomic E-state index is 0. The second kappa shape index (κ2) is 8.75. The quantitative estimate of drug-likeness (QED) is 0.833. The van der Waals surface area contributed by atoms with E-state index in [4.69, 9.17) is 10.5 Å². The first-order valence-electron chi connectivity index (χ1n) is 7.48. The molecule has 1 amide bonds. The summed E-state index contributed by atoms with van der Waals surface area (Å²) in [5.74, 6) is 0.883. The van der Waals surface area contributed by atoms with E-state index in [9.17, 15) is 4.79 Å². The minimum atomic E-state index is -0.395. The van der Waals surface area contributed by atoms with Crippen LogP contribution in [0.3, 0.4) is 0 Å². The summed E-state index contributed by atoms with van der Waals surface area (Å²) in [5, 5.41) is 0. The number of hydrogen-bond acceptors (Lipinski definition) is 3. The number of ether oxygens (including phenoxy) is 1. The smallest absolute Gasteiger partial charge is 0.239 e. The van der Waals surface area contributed by atoms with Crippen LogP contribution in [0, 0.1) is 0 Å². The highest BCUT2D eigenvalue weighted by atomic mass is 79.9. The Labute approximate surface area is 146 Å². The molecule has 0 spiro atoms. The first kappa shape index (κ1) is 19.3. The number of carbonyl (C=O) groups excluding carboxylic acids is 1. The first-order chi connectivity index (χ1) is 10.1. The number of rotatable bonds is 5. The molecule has 1 saturated heterocycles. The standard InChI is InChI=1S/C16H23BrN2O2.ClH/c1-3-5-13(18)16(20)19-9-4-6-14(19)12-10-11(17)7-8-15(12)21-2;/h7-8,10,13-14H,3-6,9,18H2,1-2H3;1H. The zero-order valence-corrected chi connectivity index (χ0v) is 15.5. The number of likely N-dealkylation sites (tertiary alicyclic amines) is 1. The van der Waals surface area contributed by atoms with Crippen LogP contribution >= 0.6 is 28.3 Å². The van der Waals surface area contributed by atoms with Crippen molar-refractivity contribution in [2.45, 2.75) is 44.7 Å². The van der Waals surface area contributed by atoms with Crippen LogP contribution in [0.4, 0.5) is 0 Å². The number of amides is 1. The first-order valence-corrected chi connectivity index (χ1v) is 8.27. The number of carbonyl (C=O) groups is 1. The van der Waals surface area contributed by atoms with E-state index < -0.39 is 6.04 Å². The molecule has 1 aromatic carbocycles. The highest BCUT2D eigenvalue weighted by Crippen LogP contribution is 2.38. The summed E-state index contributed by atoms with van der Waals surface area (Å²) < 4.78 is 6.45. The van der Waals surface area contributed by atoms with Crippen LogP contribution in [0.2, 0.25) is 0 Å². The summed E-state index contributed by atoms with van der Waals surface area (Å²) >= 11 is 3.50. The van der Waals surface area contributed by atoms with Crippen molar-refractivity contribution in [3.05, 3.63) is 28.2 Å². The van der Waals surface area contributed by atoms with Crippen molar-refractivity contribution in [2.75, 3.05) is 13.7 Å². The Hall–Kier alpha value is -0.780. The average Bonchev–Trinajstić information content (AvgIpc) is 2.95. The molecule has 1 aromatic rings. The van der Waals surface area contributed by atoms with E-state index >= 15 is 0 Å². The average molecular weight is 392 g/mol. The second-order valence-electron chi connectivity index (χ2n) is 5.47. The van der Waals surface area contributed by atoms with Crippen molar-refractivity contribution in [1.29, 1.82) is 0 Å². The molecule has 4 nitrogen and oxygen atoms in total. The largest absolute Gasteiger partial charge is 0.496 e. The molecule has 1 aliphatic rings. The maximum absolute atomic E-state index is 12.6. The van der Waals surface area contributed by atoms with Crippen molar-refractivity contribution in [2.24, 2.45) is 5.73 Å². The Morgan fingerprint density at radius 1 is 1.55 bits per heavy atom. The molecule has 0 radical (unpaired) electrons. The molecule has 2 rings (SSSR count). The van der Waals surface area contributed by atoms with E-state index in [1.807, 2.05) is 30.0 Å². The maximum atomic E-state index is 12.6. The van der Waals surface area contributed by atoms with Gasteiger partial charge in [-0.2, -0.15) is 0 Å². The highest BCUT2D eigenvalue weighted by molar-refractivity contribution is 9.10. The fourth-order valence-corrected chi connectivity index (χ4v) is 3.35. The molecule has 1 fully saturated rings. The van der Waals surface area contributed by atoms with E-state index in [1.54, 1.807) is 7.11 Å².